The van der Waals surface area contributed by atoms with Gasteiger partial charge < -0.3 is 33.2 Å². The van der Waals surface area contributed by atoms with E-state index >= 15 is 0 Å². The molecule has 1 aromatic heterocycles. The summed E-state index contributed by atoms with van der Waals surface area (Å²) in [5, 5.41) is 0. The number of pyridine rings is 1. The minimum atomic E-state index is -2.11. The third-order valence-electron chi connectivity index (χ3n) is 4.15. The van der Waals surface area contributed by atoms with E-state index in [1.54, 1.807) is 45.9 Å². The average molecular weight is 506 g/mol. The highest BCUT2D eigenvalue weighted by Gasteiger charge is 2.39. The smallest absolute Gasteiger partial charge is 0.384 e. The Balaban J connectivity index is 2.77. The molecule has 0 spiro atoms. The van der Waals surface area contributed by atoms with Crippen LogP contribution in [0.25, 0.3) is 0 Å². The molecule has 12 nitrogen and oxygen atoms in total. The average Bonchev–Trinajstić information content (AvgIpc) is 2.86. The van der Waals surface area contributed by atoms with Crippen molar-refractivity contribution in [1.82, 2.24) is 4.98 Å². The van der Waals surface area contributed by atoms with E-state index in [0.717, 1.165) is 0 Å². The molecule has 1 aromatic rings. The molecular formula is C23H39NO11. The van der Waals surface area contributed by atoms with E-state index in [1.807, 2.05) is 0 Å². The first kappa shape index (κ1) is 31.3. The normalized spacial score (nSPS) is 11.6. The van der Waals surface area contributed by atoms with Gasteiger partial charge in [-0.1, -0.05) is 0 Å². The van der Waals surface area contributed by atoms with Gasteiger partial charge in [0, 0.05) is 33.7 Å². The summed E-state index contributed by atoms with van der Waals surface area (Å²) in [4.78, 5) is 16.7. The molecular weight excluding hydrogens is 466 g/mol. The first-order valence-corrected chi connectivity index (χ1v) is 11.4. The van der Waals surface area contributed by atoms with Crippen molar-refractivity contribution in [3.05, 3.63) is 30.1 Å². The molecule has 0 atom stereocenters. The van der Waals surface area contributed by atoms with Crippen LogP contribution in [0.5, 0.6) is 0 Å². The standard InChI is InChI=1S/C23H39NO11/c1-26-8-11-29-14-17-32-23(33-18-15-30-12-9-27-2,34-19-16-31-13-10-28-3)35-22(25)20-21-4-6-24-7-5-21/h4-7H,8-20H2,1-3H3. The zero-order valence-corrected chi connectivity index (χ0v) is 20.9. The highest BCUT2D eigenvalue weighted by atomic mass is 17.0. The number of hydrogen-bond acceptors (Lipinski definition) is 12. The Morgan fingerprint density at radius 1 is 0.657 bits per heavy atom. The van der Waals surface area contributed by atoms with Crippen molar-refractivity contribution in [2.75, 3.05) is 101 Å². The molecule has 12 heteroatoms. The summed E-state index contributed by atoms with van der Waals surface area (Å²) in [7, 11) is 4.74. The first-order chi connectivity index (χ1) is 17.2. The Hall–Kier alpha value is -1.74. The molecule has 0 N–H and O–H groups in total. The molecule has 0 saturated carbocycles. The van der Waals surface area contributed by atoms with Gasteiger partial charge in [-0.15, -0.1) is 0 Å². The molecule has 0 amide bonds. The summed E-state index contributed by atoms with van der Waals surface area (Å²) in [5.41, 5.74) is 0.715. The molecule has 0 aliphatic carbocycles. The van der Waals surface area contributed by atoms with Crippen molar-refractivity contribution < 1.29 is 52.2 Å². The van der Waals surface area contributed by atoms with Crippen LogP contribution in [-0.2, 0) is 58.6 Å². The number of esters is 1. The molecule has 35 heavy (non-hydrogen) atoms. The number of carbonyl (C=O) groups excluding carboxylic acids is 1. The fraction of sp³-hybridized carbons (Fsp3) is 0.739. The number of ether oxygens (including phenoxy) is 10. The van der Waals surface area contributed by atoms with Gasteiger partial charge in [0.15, 0.2) is 0 Å². The summed E-state index contributed by atoms with van der Waals surface area (Å²) >= 11 is 0. The van der Waals surface area contributed by atoms with Crippen molar-refractivity contribution in [3.63, 3.8) is 0 Å². The topological polar surface area (TPSA) is 122 Å². The minimum absolute atomic E-state index is 0.0284. The maximum atomic E-state index is 12.7. The van der Waals surface area contributed by atoms with Crippen molar-refractivity contribution in [1.29, 1.82) is 0 Å². The van der Waals surface area contributed by atoms with E-state index in [2.05, 4.69) is 4.98 Å². The predicted molar refractivity (Wildman–Crippen MR) is 123 cm³/mol. The van der Waals surface area contributed by atoms with Gasteiger partial charge in [0.05, 0.1) is 85.7 Å². The molecule has 0 bridgehead atoms. The highest BCUT2D eigenvalue weighted by Crippen LogP contribution is 2.19. The molecule has 0 aliphatic heterocycles. The molecule has 0 aromatic carbocycles. The van der Waals surface area contributed by atoms with Crippen molar-refractivity contribution >= 4 is 5.97 Å². The fourth-order valence-corrected chi connectivity index (χ4v) is 2.47. The Bertz CT molecular complexity index is 580. The van der Waals surface area contributed by atoms with Gasteiger partial charge in [-0.05, 0) is 17.7 Å². The van der Waals surface area contributed by atoms with Crippen LogP contribution in [0, 0.1) is 0 Å². The second-order valence-corrected chi connectivity index (χ2v) is 6.87. The van der Waals surface area contributed by atoms with E-state index in [-0.39, 0.29) is 46.1 Å². The Kier molecular flexibility index (Phi) is 19.3. The molecule has 1 heterocycles. The van der Waals surface area contributed by atoms with Gasteiger partial charge in [-0.2, -0.15) is 0 Å². The fourth-order valence-electron chi connectivity index (χ4n) is 2.47. The maximum absolute atomic E-state index is 12.7. The quantitative estimate of drug-likeness (QED) is 0.112. The summed E-state index contributed by atoms with van der Waals surface area (Å²) < 4.78 is 53.9. The summed E-state index contributed by atoms with van der Waals surface area (Å²) in [6.07, 6.45) is 1.04. The number of aromatic nitrogens is 1. The van der Waals surface area contributed by atoms with Crippen LogP contribution in [0.2, 0.25) is 0 Å². The van der Waals surface area contributed by atoms with Crippen molar-refractivity contribution in [3.8, 4) is 0 Å². The van der Waals surface area contributed by atoms with E-state index in [0.29, 0.717) is 45.2 Å². The van der Waals surface area contributed by atoms with Crippen molar-refractivity contribution in [2.24, 2.45) is 0 Å². The molecule has 0 aliphatic rings. The van der Waals surface area contributed by atoms with E-state index < -0.39 is 12.1 Å². The van der Waals surface area contributed by atoms with E-state index in [1.165, 1.54) is 0 Å². The molecule has 0 fully saturated rings. The summed E-state index contributed by atoms with van der Waals surface area (Å²) in [6, 6.07) is 3.42. The number of hydrogen-bond donors (Lipinski definition) is 0. The molecule has 0 unspecified atom stereocenters. The molecule has 0 saturated heterocycles. The molecule has 1 rings (SSSR count). The van der Waals surface area contributed by atoms with Crippen LogP contribution in [-0.4, -0.2) is 118 Å². The Morgan fingerprint density at radius 3 is 1.46 bits per heavy atom. The Labute approximate surface area is 207 Å². The van der Waals surface area contributed by atoms with E-state index in [4.69, 9.17) is 47.4 Å². The van der Waals surface area contributed by atoms with Crippen LogP contribution in [0.4, 0.5) is 0 Å². The third-order valence-corrected chi connectivity index (χ3v) is 4.15. The van der Waals surface area contributed by atoms with Gasteiger partial charge in [-0.3, -0.25) is 24.0 Å². The zero-order valence-electron chi connectivity index (χ0n) is 20.9. The number of methoxy groups -OCH3 is 3. The lowest BCUT2D eigenvalue weighted by Gasteiger charge is -2.31. The van der Waals surface area contributed by atoms with Gasteiger partial charge in [0.2, 0.25) is 0 Å². The van der Waals surface area contributed by atoms with Gasteiger partial charge in [0.1, 0.15) is 0 Å². The van der Waals surface area contributed by atoms with Gasteiger partial charge >= 0.3 is 12.1 Å². The van der Waals surface area contributed by atoms with Crippen molar-refractivity contribution in [2.45, 2.75) is 12.6 Å². The molecule has 0 radical (unpaired) electrons. The first-order valence-electron chi connectivity index (χ1n) is 11.4. The predicted octanol–water partition coefficient (Wildman–Crippen LogP) is 0.817. The van der Waals surface area contributed by atoms with Crippen LogP contribution < -0.4 is 0 Å². The number of carbonyl (C=O) groups is 1. The SMILES string of the molecule is COCCOCCOC(OCCOCCOC)(OCCOCCOC)OC(=O)Cc1ccncc1. The second-order valence-electron chi connectivity index (χ2n) is 6.87. The monoisotopic (exact) mass is 505 g/mol. The number of rotatable bonds is 24. The summed E-state index contributed by atoms with van der Waals surface area (Å²) in [5.74, 6) is -0.614. The third kappa shape index (κ3) is 16.5. The maximum Gasteiger partial charge on any atom is 0.463 e. The Morgan fingerprint density at radius 2 is 1.06 bits per heavy atom. The van der Waals surface area contributed by atoms with Gasteiger partial charge in [0.25, 0.3) is 0 Å². The van der Waals surface area contributed by atoms with Crippen LogP contribution in [0.3, 0.4) is 0 Å². The minimum Gasteiger partial charge on any atom is -0.384 e. The largest absolute Gasteiger partial charge is 0.463 e. The lowest BCUT2D eigenvalue weighted by molar-refractivity contribution is -0.485. The van der Waals surface area contributed by atoms with Crippen LogP contribution in [0.15, 0.2) is 24.5 Å². The summed E-state index contributed by atoms with van der Waals surface area (Å²) in [6.45, 7) is 3.18. The second kappa shape index (κ2) is 21.5. The lowest BCUT2D eigenvalue weighted by Crippen LogP contribution is -2.46. The zero-order chi connectivity index (χ0) is 25.5. The van der Waals surface area contributed by atoms with Gasteiger partial charge in [-0.25, -0.2) is 0 Å². The lowest BCUT2D eigenvalue weighted by atomic mass is 10.2. The number of nitrogens with zero attached hydrogens (tertiary/aromatic N) is 1. The van der Waals surface area contributed by atoms with Crippen LogP contribution in [0.1, 0.15) is 5.56 Å². The highest BCUT2D eigenvalue weighted by molar-refractivity contribution is 5.72. The van der Waals surface area contributed by atoms with E-state index in [9.17, 15) is 4.79 Å². The van der Waals surface area contributed by atoms with Crippen LogP contribution >= 0.6 is 0 Å². The molecule has 202 valence electrons.